The molecule has 1 aromatic rings. The smallest absolute Gasteiger partial charge is 0.227 e. The van der Waals surface area contributed by atoms with E-state index in [4.69, 9.17) is 6.42 Å². The number of carbonyl (C=O) groups excluding carboxylic acids is 1. The Hall–Kier alpha value is -1.75. The van der Waals surface area contributed by atoms with Gasteiger partial charge in [-0.05, 0) is 36.8 Å². The zero-order valence-electron chi connectivity index (χ0n) is 10.6. The van der Waals surface area contributed by atoms with Crippen molar-refractivity contribution in [3.63, 3.8) is 0 Å². The van der Waals surface area contributed by atoms with E-state index in [-0.39, 0.29) is 11.8 Å². The standard InChI is InChI=1S/C16H19NO/c1-2-3-6-12-17-16(18)15-11-7-9-13-8-4-5-10-14(13)15/h1,4-5,8,10,15H,3,6-7,9,11-12H2,(H,17,18). The first-order chi connectivity index (χ1) is 8.83. The number of rotatable bonds is 4. The predicted octanol–water partition coefficient (Wildman–Crippen LogP) is 2.64. The Morgan fingerprint density at radius 2 is 2.28 bits per heavy atom. The molecule has 2 heteroatoms. The first-order valence-corrected chi connectivity index (χ1v) is 6.62. The van der Waals surface area contributed by atoms with Gasteiger partial charge < -0.3 is 5.32 Å². The number of fused-ring (bicyclic) bond motifs is 1. The molecule has 0 saturated carbocycles. The Morgan fingerprint density at radius 3 is 3.11 bits per heavy atom. The van der Waals surface area contributed by atoms with Gasteiger partial charge in [-0.1, -0.05) is 24.3 Å². The summed E-state index contributed by atoms with van der Waals surface area (Å²) in [4.78, 5) is 12.2. The fourth-order valence-corrected chi connectivity index (χ4v) is 2.55. The quantitative estimate of drug-likeness (QED) is 0.637. The number of terminal acetylenes is 1. The number of benzene rings is 1. The number of amides is 1. The molecular weight excluding hydrogens is 222 g/mol. The molecule has 0 radical (unpaired) electrons. The molecule has 1 aliphatic carbocycles. The highest BCUT2D eigenvalue weighted by molar-refractivity contribution is 5.84. The number of carbonyl (C=O) groups is 1. The van der Waals surface area contributed by atoms with Crippen LogP contribution in [0.15, 0.2) is 24.3 Å². The largest absolute Gasteiger partial charge is 0.356 e. The fourth-order valence-electron chi connectivity index (χ4n) is 2.55. The van der Waals surface area contributed by atoms with Gasteiger partial charge in [0, 0.05) is 13.0 Å². The van der Waals surface area contributed by atoms with Crippen molar-refractivity contribution < 1.29 is 4.79 Å². The number of hydrogen-bond acceptors (Lipinski definition) is 1. The lowest BCUT2D eigenvalue weighted by Crippen LogP contribution is -2.32. The molecule has 2 nitrogen and oxygen atoms in total. The molecule has 0 spiro atoms. The van der Waals surface area contributed by atoms with Crippen LogP contribution in [0.3, 0.4) is 0 Å². The summed E-state index contributed by atoms with van der Waals surface area (Å²) in [7, 11) is 0. The van der Waals surface area contributed by atoms with Crippen LogP contribution < -0.4 is 5.32 Å². The van der Waals surface area contributed by atoms with Gasteiger partial charge in [0.2, 0.25) is 5.91 Å². The van der Waals surface area contributed by atoms with Gasteiger partial charge in [0.05, 0.1) is 5.92 Å². The van der Waals surface area contributed by atoms with E-state index in [0.717, 1.165) is 32.1 Å². The van der Waals surface area contributed by atoms with Crippen molar-refractivity contribution in [3.05, 3.63) is 35.4 Å². The third kappa shape index (κ3) is 2.92. The molecule has 1 aliphatic rings. The highest BCUT2D eigenvalue weighted by Gasteiger charge is 2.25. The van der Waals surface area contributed by atoms with Gasteiger partial charge in [0.25, 0.3) is 0 Å². The minimum absolute atomic E-state index is 0.0285. The van der Waals surface area contributed by atoms with Gasteiger partial charge in [-0.2, -0.15) is 0 Å². The summed E-state index contributed by atoms with van der Waals surface area (Å²) in [5, 5.41) is 2.99. The van der Waals surface area contributed by atoms with Gasteiger partial charge in [0.15, 0.2) is 0 Å². The molecule has 1 unspecified atom stereocenters. The topological polar surface area (TPSA) is 29.1 Å². The average molecular weight is 241 g/mol. The molecule has 0 aromatic heterocycles. The van der Waals surface area contributed by atoms with Crippen LogP contribution in [-0.4, -0.2) is 12.5 Å². The van der Waals surface area contributed by atoms with Gasteiger partial charge >= 0.3 is 0 Å². The van der Waals surface area contributed by atoms with Crippen molar-refractivity contribution in [1.29, 1.82) is 0 Å². The number of unbranched alkanes of at least 4 members (excludes halogenated alkanes) is 1. The van der Waals surface area contributed by atoms with E-state index < -0.39 is 0 Å². The maximum atomic E-state index is 12.2. The van der Waals surface area contributed by atoms with E-state index in [1.165, 1.54) is 11.1 Å². The summed E-state index contributed by atoms with van der Waals surface area (Å²) >= 11 is 0. The molecule has 18 heavy (non-hydrogen) atoms. The molecule has 1 atom stereocenters. The molecule has 0 saturated heterocycles. The Labute approximate surface area is 109 Å². The maximum absolute atomic E-state index is 12.2. The van der Waals surface area contributed by atoms with Gasteiger partial charge in [-0.3, -0.25) is 4.79 Å². The Morgan fingerprint density at radius 1 is 1.44 bits per heavy atom. The Kier molecular flexibility index (Phi) is 4.41. The lowest BCUT2D eigenvalue weighted by molar-refractivity contribution is -0.122. The fraction of sp³-hybridized carbons (Fsp3) is 0.438. The Bertz CT molecular complexity index is 458. The molecule has 1 aromatic carbocycles. The summed E-state index contributed by atoms with van der Waals surface area (Å²) in [6, 6.07) is 8.28. The van der Waals surface area contributed by atoms with E-state index in [2.05, 4.69) is 23.4 Å². The lowest BCUT2D eigenvalue weighted by atomic mass is 9.82. The monoisotopic (exact) mass is 241 g/mol. The molecule has 94 valence electrons. The first-order valence-electron chi connectivity index (χ1n) is 6.62. The normalized spacial score (nSPS) is 17.6. The van der Waals surface area contributed by atoms with E-state index >= 15 is 0 Å². The predicted molar refractivity (Wildman–Crippen MR) is 73.2 cm³/mol. The van der Waals surface area contributed by atoms with Crippen LogP contribution in [0.25, 0.3) is 0 Å². The van der Waals surface area contributed by atoms with Gasteiger partial charge in [-0.25, -0.2) is 0 Å². The Balaban J connectivity index is 1.98. The van der Waals surface area contributed by atoms with Crippen molar-refractivity contribution in [1.82, 2.24) is 5.32 Å². The minimum atomic E-state index is 0.0285. The summed E-state index contributed by atoms with van der Waals surface area (Å²) in [6.07, 6.45) is 9.92. The first kappa shape index (κ1) is 12.7. The highest BCUT2D eigenvalue weighted by atomic mass is 16.1. The molecule has 1 amide bonds. The van der Waals surface area contributed by atoms with Crippen molar-refractivity contribution in [2.75, 3.05) is 6.54 Å². The van der Waals surface area contributed by atoms with Crippen molar-refractivity contribution >= 4 is 5.91 Å². The van der Waals surface area contributed by atoms with E-state index in [1.807, 2.05) is 12.1 Å². The minimum Gasteiger partial charge on any atom is -0.356 e. The molecule has 0 heterocycles. The zero-order valence-corrected chi connectivity index (χ0v) is 10.6. The van der Waals surface area contributed by atoms with E-state index in [1.54, 1.807) is 0 Å². The molecule has 0 bridgehead atoms. The van der Waals surface area contributed by atoms with Crippen molar-refractivity contribution in [3.8, 4) is 12.3 Å². The number of nitrogens with one attached hydrogen (secondary N) is 1. The maximum Gasteiger partial charge on any atom is 0.227 e. The average Bonchev–Trinajstić information content (AvgIpc) is 2.43. The highest BCUT2D eigenvalue weighted by Crippen LogP contribution is 2.31. The second-order valence-corrected chi connectivity index (χ2v) is 4.74. The zero-order chi connectivity index (χ0) is 12.8. The number of aryl methyl sites for hydroxylation is 1. The third-order valence-electron chi connectivity index (χ3n) is 3.48. The second-order valence-electron chi connectivity index (χ2n) is 4.74. The molecule has 0 aliphatic heterocycles. The van der Waals surface area contributed by atoms with Crippen LogP contribution in [0.5, 0.6) is 0 Å². The third-order valence-corrected chi connectivity index (χ3v) is 3.48. The summed E-state index contributed by atoms with van der Waals surface area (Å²) < 4.78 is 0. The molecular formula is C16H19NO. The van der Waals surface area contributed by atoms with E-state index in [9.17, 15) is 4.79 Å². The summed E-state index contributed by atoms with van der Waals surface area (Å²) in [5.41, 5.74) is 2.53. The van der Waals surface area contributed by atoms with Crippen LogP contribution in [0, 0.1) is 12.3 Å². The molecule has 1 N–H and O–H groups in total. The lowest BCUT2D eigenvalue weighted by Gasteiger charge is -2.24. The summed E-state index contributed by atoms with van der Waals surface area (Å²) in [6.45, 7) is 0.682. The number of hydrogen-bond donors (Lipinski definition) is 1. The van der Waals surface area contributed by atoms with Gasteiger partial charge in [0.1, 0.15) is 0 Å². The molecule has 2 rings (SSSR count). The van der Waals surface area contributed by atoms with Crippen molar-refractivity contribution in [2.45, 2.75) is 38.0 Å². The molecule has 0 fully saturated rings. The van der Waals surface area contributed by atoms with Crippen molar-refractivity contribution in [2.24, 2.45) is 0 Å². The second kappa shape index (κ2) is 6.26. The van der Waals surface area contributed by atoms with Crippen LogP contribution in [0.2, 0.25) is 0 Å². The van der Waals surface area contributed by atoms with Crippen LogP contribution >= 0.6 is 0 Å². The summed E-state index contributed by atoms with van der Waals surface area (Å²) in [5.74, 6) is 2.77. The SMILES string of the molecule is C#CCCCNC(=O)C1CCCc2ccccc21. The van der Waals surface area contributed by atoms with E-state index in [0.29, 0.717) is 6.54 Å². The van der Waals surface area contributed by atoms with Crippen LogP contribution in [0.4, 0.5) is 0 Å². The van der Waals surface area contributed by atoms with Crippen LogP contribution in [-0.2, 0) is 11.2 Å². The van der Waals surface area contributed by atoms with Gasteiger partial charge in [-0.15, -0.1) is 12.3 Å². The van der Waals surface area contributed by atoms with Crippen LogP contribution in [0.1, 0.15) is 42.7 Å².